The van der Waals surface area contributed by atoms with E-state index in [0.29, 0.717) is 11.4 Å². The van der Waals surface area contributed by atoms with E-state index in [1.807, 2.05) is 18.2 Å². The molecule has 0 bridgehead atoms. The van der Waals surface area contributed by atoms with Crippen LogP contribution in [0.25, 0.3) is 11.1 Å². The maximum atomic E-state index is 12.8. The number of hydrogen-bond donors (Lipinski definition) is 2. The molecule has 180 valence electrons. The first-order valence-corrected chi connectivity index (χ1v) is 14.4. The van der Waals surface area contributed by atoms with Crippen molar-refractivity contribution >= 4 is 48.0 Å². The van der Waals surface area contributed by atoms with Gasteiger partial charge in [0.05, 0.1) is 28.1 Å². The number of nitrogens with zero attached hydrogens (tertiary/aromatic N) is 3. The second-order valence-electron chi connectivity index (χ2n) is 8.57. The molecule has 0 spiro atoms. The topological polar surface area (TPSA) is 106 Å². The fourth-order valence-electron chi connectivity index (χ4n) is 3.84. The maximum Gasteiger partial charge on any atom is 0.264 e. The monoisotopic (exact) mass is 525 g/mol. The molecule has 1 aliphatic heterocycles. The lowest BCUT2D eigenvalue weighted by Crippen LogP contribution is -2.31. The molecule has 8 nitrogen and oxygen atoms in total. The van der Waals surface area contributed by atoms with Gasteiger partial charge in [0.25, 0.3) is 10.0 Å². The van der Waals surface area contributed by atoms with Gasteiger partial charge in [-0.3, -0.25) is 0 Å². The van der Waals surface area contributed by atoms with Crippen molar-refractivity contribution in [3.8, 4) is 16.9 Å². The van der Waals surface area contributed by atoms with Gasteiger partial charge in [0, 0.05) is 28.7 Å². The van der Waals surface area contributed by atoms with Gasteiger partial charge in [-0.25, -0.2) is 28.1 Å². The largest absolute Gasteiger partial charge is 0.497 e. The smallest absolute Gasteiger partial charge is 0.264 e. The summed E-state index contributed by atoms with van der Waals surface area (Å²) in [4.78, 5) is 14.3. The van der Waals surface area contributed by atoms with Crippen LogP contribution in [0.15, 0.2) is 64.6 Å². The molecule has 0 saturated carbocycles. The van der Waals surface area contributed by atoms with Crippen LogP contribution in [0.5, 0.6) is 5.75 Å². The van der Waals surface area contributed by atoms with Gasteiger partial charge in [-0.05, 0) is 69.3 Å². The molecule has 2 aromatic carbocycles. The van der Waals surface area contributed by atoms with Crippen LogP contribution >= 0.6 is 20.7 Å². The first kappa shape index (κ1) is 23.5. The summed E-state index contributed by atoms with van der Waals surface area (Å²) >= 11 is 0. The minimum absolute atomic E-state index is 0.0378. The Morgan fingerprint density at radius 3 is 2.57 bits per heavy atom. The van der Waals surface area contributed by atoms with Crippen LogP contribution in [0, 0.1) is 6.92 Å². The van der Waals surface area contributed by atoms with Crippen LogP contribution < -0.4 is 19.4 Å². The summed E-state index contributed by atoms with van der Waals surface area (Å²) in [5.41, 5.74) is 4.23. The van der Waals surface area contributed by atoms with E-state index < -0.39 is 10.0 Å². The van der Waals surface area contributed by atoms with Crippen LogP contribution in [0.2, 0.25) is 0 Å². The van der Waals surface area contributed by atoms with Gasteiger partial charge >= 0.3 is 0 Å². The zero-order chi connectivity index (χ0) is 24.8. The Kier molecular flexibility index (Phi) is 5.86. The van der Waals surface area contributed by atoms with E-state index in [2.05, 4.69) is 33.9 Å². The Labute approximate surface area is 210 Å². The van der Waals surface area contributed by atoms with E-state index in [0.717, 1.165) is 27.2 Å². The zero-order valence-corrected chi connectivity index (χ0v) is 21.9. The lowest BCUT2D eigenvalue weighted by molar-refractivity contribution is 0.415. The molecule has 5 rings (SSSR count). The molecular weight excluding hydrogens is 502 g/mol. The van der Waals surface area contributed by atoms with Crippen LogP contribution in [0.3, 0.4) is 0 Å². The Morgan fingerprint density at radius 2 is 1.86 bits per heavy atom. The Morgan fingerprint density at radius 1 is 1.09 bits per heavy atom. The van der Waals surface area contributed by atoms with Crippen molar-refractivity contribution in [1.29, 1.82) is 0 Å². The molecular formula is C24H23N5O3S3. The Bertz CT molecular complexity index is 1590. The molecule has 0 saturated heterocycles. The minimum atomic E-state index is -3.82. The van der Waals surface area contributed by atoms with E-state index in [4.69, 9.17) is 9.73 Å². The van der Waals surface area contributed by atoms with E-state index in [1.165, 1.54) is 23.2 Å². The van der Waals surface area contributed by atoms with Crippen molar-refractivity contribution < 1.29 is 13.2 Å². The summed E-state index contributed by atoms with van der Waals surface area (Å²) in [6.45, 7) is 6.07. The van der Waals surface area contributed by atoms with Gasteiger partial charge in [-0.15, -0.1) is 0 Å². The molecule has 11 heteroatoms. The zero-order valence-electron chi connectivity index (χ0n) is 19.5. The van der Waals surface area contributed by atoms with E-state index in [9.17, 15) is 8.42 Å². The fraction of sp³-hybridized carbons (Fsp3) is 0.208. The van der Waals surface area contributed by atoms with Crippen LogP contribution in [0.1, 0.15) is 24.4 Å². The highest BCUT2D eigenvalue weighted by atomic mass is 32.9. The number of sulfonamides is 1. The average molecular weight is 526 g/mol. The van der Waals surface area contributed by atoms with Crippen LogP contribution in [0.4, 0.5) is 17.3 Å². The highest BCUT2D eigenvalue weighted by Crippen LogP contribution is 2.46. The predicted molar refractivity (Wildman–Crippen MR) is 140 cm³/mol. The maximum absolute atomic E-state index is 12.8. The van der Waals surface area contributed by atoms with Crippen molar-refractivity contribution in [3.05, 3.63) is 70.0 Å². The van der Waals surface area contributed by atoms with Crippen molar-refractivity contribution in [2.75, 3.05) is 17.1 Å². The third-order valence-electron chi connectivity index (χ3n) is 5.55. The quantitative estimate of drug-likeness (QED) is 0.344. The first-order valence-electron chi connectivity index (χ1n) is 10.7. The summed E-state index contributed by atoms with van der Waals surface area (Å²) in [5, 5.41) is 3.60. The molecule has 4 aromatic rings. The Balaban J connectivity index is 1.52. The van der Waals surface area contributed by atoms with Crippen molar-refractivity contribution in [3.63, 3.8) is 0 Å². The fourth-order valence-corrected chi connectivity index (χ4v) is 7.73. The van der Waals surface area contributed by atoms with Crippen molar-refractivity contribution in [2.45, 2.75) is 31.2 Å². The highest BCUT2D eigenvalue weighted by molar-refractivity contribution is 7.92. The molecule has 0 radical (unpaired) electrons. The summed E-state index contributed by atoms with van der Waals surface area (Å²) in [6.07, 6.45) is 1.51. The number of benzene rings is 2. The number of methoxy groups -OCH3 is 1. The Hall–Kier alpha value is -3.28. The van der Waals surface area contributed by atoms with Gasteiger partial charge in [0.15, 0.2) is 0 Å². The second-order valence-corrected chi connectivity index (χ2v) is 12.4. The molecule has 0 atom stereocenters. The van der Waals surface area contributed by atoms with Crippen LogP contribution in [-0.2, 0) is 15.6 Å². The summed E-state index contributed by atoms with van der Waals surface area (Å²) < 4.78 is 34.3. The molecule has 2 aromatic heterocycles. The van der Waals surface area contributed by atoms with Crippen LogP contribution in [-0.4, -0.2) is 25.5 Å². The number of rotatable bonds is 5. The molecule has 2 N–H and O–H groups in total. The lowest BCUT2D eigenvalue weighted by Gasteiger charge is -2.33. The number of fused-ring (bicyclic) bond motifs is 3. The molecule has 3 heterocycles. The molecule has 1 aliphatic rings. The van der Waals surface area contributed by atoms with Gasteiger partial charge in [-0.1, -0.05) is 20.7 Å². The lowest BCUT2D eigenvalue weighted by atomic mass is 9.90. The molecule has 0 fully saturated rings. The normalized spacial score (nSPS) is 14.6. The van der Waals surface area contributed by atoms with Gasteiger partial charge in [0.1, 0.15) is 10.4 Å². The minimum Gasteiger partial charge on any atom is -0.497 e. The van der Waals surface area contributed by atoms with E-state index in [1.54, 1.807) is 52.9 Å². The first-order chi connectivity index (χ1) is 16.7. The van der Waals surface area contributed by atoms with Gasteiger partial charge in [-0.2, -0.15) is 0 Å². The van der Waals surface area contributed by atoms with Crippen molar-refractivity contribution in [2.24, 2.45) is 4.99 Å². The van der Waals surface area contributed by atoms with Gasteiger partial charge in [0.2, 0.25) is 5.95 Å². The van der Waals surface area contributed by atoms with E-state index in [-0.39, 0.29) is 16.4 Å². The number of aromatic nitrogens is 2. The van der Waals surface area contributed by atoms with E-state index >= 15 is 0 Å². The summed E-state index contributed by atoms with van der Waals surface area (Å²) in [6, 6.07) is 14.1. The average Bonchev–Trinajstić information content (AvgIpc) is 3.24. The summed E-state index contributed by atoms with van der Waals surface area (Å²) in [5.74, 6) is 0.814. The molecule has 0 amide bonds. The number of anilines is 2. The third kappa shape index (κ3) is 4.54. The standard InChI is InChI=1S/C24H23N5O3S3/c1-14-11-12-25-23(26-14)29-35(30,31)17-8-5-15(6-9-17)27-22-20-18-13-16(32-4)7-10-19(18)28-24(2,3)21(20)33-34-22/h5-13,28H,1-4H3,(H,25,26,29). The number of hydrogen-bond acceptors (Lipinski definition) is 9. The summed E-state index contributed by atoms with van der Waals surface area (Å²) in [7, 11) is 1.12. The second kappa shape index (κ2) is 8.74. The van der Waals surface area contributed by atoms with Crippen molar-refractivity contribution in [1.82, 2.24) is 9.97 Å². The number of ether oxygens (including phenoxy) is 1. The number of aryl methyl sites for hydroxylation is 1. The third-order valence-corrected chi connectivity index (χ3v) is 9.54. The predicted octanol–water partition coefficient (Wildman–Crippen LogP) is 5.28. The van der Waals surface area contributed by atoms with Gasteiger partial charge < -0.3 is 10.1 Å². The molecule has 35 heavy (non-hydrogen) atoms. The molecule has 0 unspecified atom stereocenters. The highest BCUT2D eigenvalue weighted by Gasteiger charge is 2.33. The molecule has 0 aliphatic carbocycles. The number of nitrogens with one attached hydrogen (secondary N) is 2. The SMILES string of the molecule is COc1ccc2c(c1)-c1c(ssc1=Nc1ccc(S(=O)(=O)Nc3nccc(C)n3)cc1)C(C)(C)N2.